The Morgan fingerprint density at radius 3 is 2.70 bits per heavy atom. The molecule has 2 aromatic carbocycles. The van der Waals surface area contributed by atoms with Gasteiger partial charge in [0, 0.05) is 16.1 Å². The van der Waals surface area contributed by atoms with Gasteiger partial charge >= 0.3 is 11.9 Å². The van der Waals surface area contributed by atoms with E-state index >= 15 is 0 Å². The second-order valence-electron chi connectivity index (χ2n) is 6.20. The molecule has 136 valence electrons. The van der Waals surface area contributed by atoms with E-state index in [0.717, 1.165) is 16.7 Å². The molecule has 1 aliphatic rings. The van der Waals surface area contributed by atoms with Gasteiger partial charge < -0.3 is 9.84 Å². The van der Waals surface area contributed by atoms with Crippen molar-refractivity contribution in [3.8, 4) is 16.9 Å². The number of rotatable bonds is 3. The van der Waals surface area contributed by atoms with E-state index in [1.54, 1.807) is 24.3 Å². The molecule has 3 aromatic rings. The largest absolute Gasteiger partial charge is 0.478 e. The molecular formula is C20H15ClN2O4. The summed E-state index contributed by atoms with van der Waals surface area (Å²) in [6.07, 6.45) is 1.29. The molecule has 27 heavy (non-hydrogen) atoms. The molecular weight excluding hydrogens is 368 g/mol. The highest BCUT2D eigenvalue weighted by Gasteiger charge is 2.30. The van der Waals surface area contributed by atoms with E-state index < -0.39 is 11.9 Å². The van der Waals surface area contributed by atoms with Crippen molar-refractivity contribution in [3.63, 3.8) is 0 Å². The van der Waals surface area contributed by atoms with Gasteiger partial charge in [0.15, 0.2) is 5.69 Å². The summed E-state index contributed by atoms with van der Waals surface area (Å²) < 4.78 is 6.41. The van der Waals surface area contributed by atoms with Crippen molar-refractivity contribution < 1.29 is 19.4 Å². The maximum Gasteiger partial charge on any atom is 0.358 e. The monoisotopic (exact) mass is 382 g/mol. The van der Waals surface area contributed by atoms with E-state index in [9.17, 15) is 14.7 Å². The molecule has 0 saturated carbocycles. The van der Waals surface area contributed by atoms with Crippen LogP contribution in [0, 0.1) is 0 Å². The van der Waals surface area contributed by atoms with Crippen molar-refractivity contribution in [2.45, 2.75) is 12.8 Å². The van der Waals surface area contributed by atoms with Crippen LogP contribution >= 0.6 is 11.6 Å². The van der Waals surface area contributed by atoms with Crippen LogP contribution < -0.4 is 0 Å². The first-order valence-electron chi connectivity index (χ1n) is 8.33. The fourth-order valence-corrected chi connectivity index (χ4v) is 3.69. The lowest BCUT2D eigenvalue weighted by Crippen LogP contribution is -2.10. The van der Waals surface area contributed by atoms with E-state index in [2.05, 4.69) is 5.10 Å². The summed E-state index contributed by atoms with van der Waals surface area (Å²) in [4.78, 5) is 24.0. The first-order valence-corrected chi connectivity index (χ1v) is 8.70. The number of carbonyl (C=O) groups is 2. The van der Waals surface area contributed by atoms with Crippen molar-refractivity contribution in [2.24, 2.45) is 0 Å². The van der Waals surface area contributed by atoms with Crippen LogP contribution in [0.1, 0.15) is 32.0 Å². The van der Waals surface area contributed by atoms with Crippen LogP contribution in [0.4, 0.5) is 0 Å². The Bertz CT molecular complexity index is 1090. The van der Waals surface area contributed by atoms with Gasteiger partial charge in [-0.3, -0.25) is 0 Å². The number of para-hydroxylation sites is 1. The lowest BCUT2D eigenvalue weighted by Gasteiger charge is -2.19. The van der Waals surface area contributed by atoms with Crippen LogP contribution in [0.2, 0.25) is 5.02 Å². The van der Waals surface area contributed by atoms with Crippen LogP contribution in [-0.2, 0) is 17.6 Å². The van der Waals surface area contributed by atoms with Gasteiger partial charge in [0.1, 0.15) is 0 Å². The second kappa shape index (κ2) is 6.55. The average molecular weight is 383 g/mol. The SMILES string of the molecule is COC(=O)c1nn(-c2ccccc2C(=O)O)c2c1CCc1cc(Cl)ccc1-2. The summed E-state index contributed by atoms with van der Waals surface area (Å²) in [5, 5.41) is 14.6. The Hall–Kier alpha value is -3.12. The summed E-state index contributed by atoms with van der Waals surface area (Å²) in [5.74, 6) is -1.61. The Morgan fingerprint density at radius 2 is 1.96 bits per heavy atom. The minimum atomic E-state index is -1.07. The molecule has 0 atom stereocenters. The van der Waals surface area contributed by atoms with E-state index in [0.29, 0.717) is 29.2 Å². The maximum absolute atomic E-state index is 12.3. The number of methoxy groups -OCH3 is 1. The van der Waals surface area contributed by atoms with Crippen molar-refractivity contribution in [1.82, 2.24) is 9.78 Å². The summed E-state index contributed by atoms with van der Waals surface area (Å²) in [6, 6.07) is 12.1. The highest BCUT2D eigenvalue weighted by molar-refractivity contribution is 6.30. The predicted octanol–water partition coefficient (Wildman–Crippen LogP) is 3.78. The zero-order valence-corrected chi connectivity index (χ0v) is 15.2. The quantitative estimate of drug-likeness (QED) is 0.697. The zero-order chi connectivity index (χ0) is 19.1. The number of hydrogen-bond donors (Lipinski definition) is 1. The standard InChI is InChI=1S/C20H15ClN2O4/c1-27-20(26)17-15-8-6-11-10-12(21)7-9-13(11)18(15)23(22-17)16-5-3-2-4-14(16)19(24)25/h2-5,7,9-10H,6,8H2,1H3,(H,24,25). The number of aromatic nitrogens is 2. The molecule has 0 saturated heterocycles. The van der Waals surface area contributed by atoms with Gasteiger partial charge in [-0.25, -0.2) is 14.3 Å². The van der Waals surface area contributed by atoms with Crippen LogP contribution in [0.15, 0.2) is 42.5 Å². The minimum Gasteiger partial charge on any atom is -0.478 e. The molecule has 7 heteroatoms. The maximum atomic E-state index is 12.3. The molecule has 1 aromatic heterocycles. The summed E-state index contributed by atoms with van der Waals surface area (Å²) in [7, 11) is 1.30. The molecule has 4 rings (SSSR count). The number of halogens is 1. The molecule has 1 N–H and O–H groups in total. The third-order valence-electron chi connectivity index (χ3n) is 4.69. The van der Waals surface area contributed by atoms with Gasteiger partial charge in [-0.1, -0.05) is 29.8 Å². The number of aryl methyl sites for hydroxylation is 1. The molecule has 0 fully saturated rings. The van der Waals surface area contributed by atoms with Gasteiger partial charge in [-0.2, -0.15) is 5.10 Å². The summed E-state index contributed by atoms with van der Waals surface area (Å²) >= 11 is 6.13. The molecule has 0 aliphatic heterocycles. The van der Waals surface area contributed by atoms with Gasteiger partial charge in [0.2, 0.25) is 0 Å². The number of esters is 1. The number of nitrogens with zero attached hydrogens (tertiary/aromatic N) is 2. The highest BCUT2D eigenvalue weighted by Crippen LogP contribution is 2.38. The second-order valence-corrected chi connectivity index (χ2v) is 6.64. The molecule has 1 heterocycles. The van der Waals surface area contributed by atoms with Crippen molar-refractivity contribution in [1.29, 1.82) is 0 Å². The number of carboxylic acids is 1. The first kappa shape index (κ1) is 17.3. The van der Waals surface area contributed by atoms with E-state index in [-0.39, 0.29) is 11.3 Å². The third kappa shape index (κ3) is 2.78. The van der Waals surface area contributed by atoms with Gasteiger partial charge in [0.05, 0.1) is 24.1 Å². The summed E-state index contributed by atoms with van der Waals surface area (Å²) in [5.41, 5.74) is 4.04. The van der Waals surface area contributed by atoms with Gasteiger partial charge in [-0.05, 0) is 42.7 Å². The number of carboxylic acid groups (broad SMARTS) is 1. The van der Waals surface area contributed by atoms with Crippen LogP contribution in [0.25, 0.3) is 16.9 Å². The summed E-state index contributed by atoms with van der Waals surface area (Å²) in [6.45, 7) is 0. The number of ether oxygens (including phenoxy) is 1. The van der Waals surface area contributed by atoms with Crippen LogP contribution in [0.3, 0.4) is 0 Å². The lowest BCUT2D eigenvalue weighted by molar-refractivity contribution is 0.0591. The Labute approximate surface area is 160 Å². The van der Waals surface area contributed by atoms with Gasteiger partial charge in [-0.15, -0.1) is 0 Å². The molecule has 0 amide bonds. The number of fused-ring (bicyclic) bond motifs is 3. The number of aromatic carboxylic acids is 1. The van der Waals surface area contributed by atoms with Crippen molar-refractivity contribution in [3.05, 3.63) is 69.9 Å². The minimum absolute atomic E-state index is 0.0975. The number of carbonyl (C=O) groups excluding carboxylic acids is 1. The van der Waals surface area contributed by atoms with E-state index in [1.165, 1.54) is 17.9 Å². The predicted molar refractivity (Wildman–Crippen MR) is 99.7 cm³/mol. The topological polar surface area (TPSA) is 81.4 Å². The Balaban J connectivity index is 2.05. The first-order chi connectivity index (χ1) is 13.0. The highest BCUT2D eigenvalue weighted by atomic mass is 35.5. The molecule has 0 unspecified atom stereocenters. The lowest BCUT2D eigenvalue weighted by atomic mass is 9.88. The molecule has 0 spiro atoms. The molecule has 0 radical (unpaired) electrons. The third-order valence-corrected chi connectivity index (χ3v) is 4.93. The van der Waals surface area contributed by atoms with Crippen LogP contribution in [-0.4, -0.2) is 33.9 Å². The molecule has 6 nitrogen and oxygen atoms in total. The smallest absolute Gasteiger partial charge is 0.358 e. The van der Waals surface area contributed by atoms with Gasteiger partial charge in [0.25, 0.3) is 0 Å². The average Bonchev–Trinajstić information content (AvgIpc) is 3.07. The zero-order valence-electron chi connectivity index (χ0n) is 14.4. The fourth-order valence-electron chi connectivity index (χ4n) is 3.50. The normalized spacial score (nSPS) is 12.2. The number of benzene rings is 2. The fraction of sp³-hybridized carbons (Fsp3) is 0.150. The molecule has 1 aliphatic carbocycles. The van der Waals surface area contributed by atoms with E-state index in [4.69, 9.17) is 16.3 Å². The molecule has 0 bridgehead atoms. The van der Waals surface area contributed by atoms with Crippen molar-refractivity contribution >= 4 is 23.5 Å². The van der Waals surface area contributed by atoms with Crippen LogP contribution in [0.5, 0.6) is 0 Å². The number of hydrogen-bond acceptors (Lipinski definition) is 4. The Kier molecular flexibility index (Phi) is 4.20. The Morgan fingerprint density at radius 1 is 1.19 bits per heavy atom. The van der Waals surface area contributed by atoms with Crippen molar-refractivity contribution in [2.75, 3.05) is 7.11 Å². The van der Waals surface area contributed by atoms with E-state index in [1.807, 2.05) is 12.1 Å².